The molecule has 22 heavy (non-hydrogen) atoms. The summed E-state index contributed by atoms with van der Waals surface area (Å²) in [6, 6.07) is 11.3. The Labute approximate surface area is 128 Å². The van der Waals surface area contributed by atoms with E-state index in [1.165, 1.54) is 0 Å². The molecule has 1 aromatic heterocycles. The van der Waals surface area contributed by atoms with Crippen LogP contribution in [-0.2, 0) is 14.3 Å². The van der Waals surface area contributed by atoms with E-state index >= 15 is 0 Å². The van der Waals surface area contributed by atoms with Gasteiger partial charge in [-0.1, -0.05) is 42.4 Å². The van der Waals surface area contributed by atoms with Crippen LogP contribution in [0.1, 0.15) is 30.6 Å². The van der Waals surface area contributed by atoms with Gasteiger partial charge >= 0.3 is 5.97 Å². The van der Waals surface area contributed by atoms with Crippen LogP contribution in [0, 0.1) is 6.92 Å². The number of rotatable bonds is 6. The van der Waals surface area contributed by atoms with Gasteiger partial charge in [0.15, 0.2) is 12.4 Å². The van der Waals surface area contributed by atoms with Gasteiger partial charge < -0.3 is 14.6 Å². The zero-order valence-corrected chi connectivity index (χ0v) is 12.5. The molecule has 1 heterocycles. The van der Waals surface area contributed by atoms with Crippen LogP contribution < -0.4 is 5.32 Å². The third-order valence-electron chi connectivity index (χ3n) is 3.10. The van der Waals surface area contributed by atoms with Gasteiger partial charge in [-0.05, 0) is 18.4 Å². The highest BCUT2D eigenvalue weighted by Crippen LogP contribution is 2.18. The molecule has 0 aliphatic heterocycles. The third kappa shape index (κ3) is 4.73. The molecule has 0 fully saturated rings. The molecule has 2 aromatic rings. The number of carbonyl (C=O) groups is 2. The summed E-state index contributed by atoms with van der Waals surface area (Å²) < 4.78 is 9.79. The molecule has 1 aromatic carbocycles. The zero-order valence-electron chi connectivity index (χ0n) is 12.5. The monoisotopic (exact) mass is 302 g/mol. The van der Waals surface area contributed by atoms with Gasteiger partial charge in [-0.2, -0.15) is 0 Å². The summed E-state index contributed by atoms with van der Waals surface area (Å²) in [5.74, 6) is 0.0620. The summed E-state index contributed by atoms with van der Waals surface area (Å²) in [5.41, 5.74) is 1.06. The zero-order chi connectivity index (χ0) is 15.9. The second-order valence-corrected chi connectivity index (χ2v) is 5.05. The molecule has 1 amide bonds. The standard InChI is InChI=1S/C16H18N2O4/c1-11(13-6-4-3-5-7-13)8-16(20)21-10-15(19)17-14-9-12(2)22-18-14/h3-7,9,11H,8,10H2,1-2H3,(H,17,18,19)/t11-/m0/s1. The van der Waals surface area contributed by atoms with E-state index in [-0.39, 0.29) is 18.9 Å². The topological polar surface area (TPSA) is 81.4 Å². The van der Waals surface area contributed by atoms with Gasteiger partial charge in [0, 0.05) is 6.07 Å². The van der Waals surface area contributed by atoms with Crippen LogP contribution in [0.5, 0.6) is 0 Å². The number of nitrogens with zero attached hydrogens (tertiary/aromatic N) is 1. The second-order valence-electron chi connectivity index (χ2n) is 5.05. The van der Waals surface area contributed by atoms with Crippen LogP contribution in [0.2, 0.25) is 0 Å². The number of amides is 1. The highest BCUT2D eigenvalue weighted by Gasteiger charge is 2.14. The lowest BCUT2D eigenvalue weighted by molar-refractivity contribution is -0.147. The van der Waals surface area contributed by atoms with Crippen molar-refractivity contribution >= 4 is 17.7 Å². The van der Waals surface area contributed by atoms with Crippen molar-refractivity contribution in [1.29, 1.82) is 0 Å². The molecule has 0 saturated heterocycles. The summed E-state index contributed by atoms with van der Waals surface area (Å²) in [5, 5.41) is 6.11. The first-order valence-corrected chi connectivity index (χ1v) is 6.98. The quantitative estimate of drug-likeness (QED) is 0.830. The van der Waals surface area contributed by atoms with Crippen molar-refractivity contribution in [1.82, 2.24) is 5.16 Å². The van der Waals surface area contributed by atoms with Gasteiger partial charge in [-0.15, -0.1) is 0 Å². The maximum Gasteiger partial charge on any atom is 0.306 e. The van der Waals surface area contributed by atoms with E-state index < -0.39 is 11.9 Å². The minimum absolute atomic E-state index is 0.0370. The molecule has 0 radical (unpaired) electrons. The third-order valence-corrected chi connectivity index (χ3v) is 3.10. The highest BCUT2D eigenvalue weighted by molar-refractivity contribution is 5.91. The van der Waals surface area contributed by atoms with Crippen LogP contribution in [0.25, 0.3) is 0 Å². The fourth-order valence-corrected chi connectivity index (χ4v) is 1.96. The van der Waals surface area contributed by atoms with Crippen LogP contribution in [0.15, 0.2) is 40.9 Å². The average molecular weight is 302 g/mol. The van der Waals surface area contributed by atoms with Crippen LogP contribution >= 0.6 is 0 Å². The van der Waals surface area contributed by atoms with Crippen LogP contribution in [0.4, 0.5) is 5.82 Å². The van der Waals surface area contributed by atoms with E-state index in [1.807, 2.05) is 37.3 Å². The predicted molar refractivity (Wildman–Crippen MR) is 80.3 cm³/mol. The van der Waals surface area contributed by atoms with E-state index in [0.29, 0.717) is 11.6 Å². The minimum Gasteiger partial charge on any atom is -0.456 e. The molecular weight excluding hydrogens is 284 g/mol. The molecule has 6 heteroatoms. The van der Waals surface area contributed by atoms with Gasteiger partial charge in [-0.25, -0.2) is 0 Å². The largest absolute Gasteiger partial charge is 0.456 e. The fraction of sp³-hybridized carbons (Fsp3) is 0.312. The maximum absolute atomic E-state index is 11.8. The minimum atomic E-state index is -0.450. The second kappa shape index (κ2) is 7.40. The smallest absolute Gasteiger partial charge is 0.306 e. The Bertz CT molecular complexity index is 637. The number of hydrogen-bond donors (Lipinski definition) is 1. The van der Waals surface area contributed by atoms with Crippen molar-refractivity contribution in [3.8, 4) is 0 Å². The van der Waals surface area contributed by atoms with E-state index in [1.54, 1.807) is 13.0 Å². The molecule has 2 rings (SSSR count). The van der Waals surface area contributed by atoms with Crippen molar-refractivity contribution in [3.05, 3.63) is 47.7 Å². The number of hydrogen-bond acceptors (Lipinski definition) is 5. The van der Waals surface area contributed by atoms with Gasteiger partial charge in [0.1, 0.15) is 5.76 Å². The molecule has 116 valence electrons. The Morgan fingerprint density at radius 1 is 1.32 bits per heavy atom. The number of carbonyl (C=O) groups excluding carboxylic acids is 2. The lowest BCUT2D eigenvalue weighted by Crippen LogP contribution is -2.21. The number of aromatic nitrogens is 1. The molecule has 0 bridgehead atoms. The summed E-state index contributed by atoms with van der Waals surface area (Å²) in [6.45, 7) is 3.31. The molecule has 0 spiro atoms. The number of benzene rings is 1. The van der Waals surface area contributed by atoms with Crippen molar-refractivity contribution in [3.63, 3.8) is 0 Å². The summed E-state index contributed by atoms with van der Waals surface area (Å²) >= 11 is 0. The lowest BCUT2D eigenvalue weighted by Gasteiger charge is -2.11. The van der Waals surface area contributed by atoms with Gasteiger partial charge in [0.25, 0.3) is 5.91 Å². The lowest BCUT2D eigenvalue weighted by atomic mass is 9.98. The number of ether oxygens (including phenoxy) is 1. The van der Waals surface area contributed by atoms with Crippen molar-refractivity contribution in [2.75, 3.05) is 11.9 Å². The number of nitrogens with one attached hydrogen (secondary N) is 1. The van der Waals surface area contributed by atoms with Crippen LogP contribution in [-0.4, -0.2) is 23.6 Å². The molecule has 1 N–H and O–H groups in total. The SMILES string of the molecule is Cc1cc(NC(=O)COC(=O)C[C@H](C)c2ccccc2)no1. The van der Waals surface area contributed by atoms with E-state index in [4.69, 9.17) is 9.26 Å². The van der Waals surface area contributed by atoms with E-state index in [9.17, 15) is 9.59 Å². The fourth-order valence-electron chi connectivity index (χ4n) is 1.96. The normalized spacial score (nSPS) is 11.7. The van der Waals surface area contributed by atoms with Gasteiger partial charge in [0.05, 0.1) is 6.42 Å². The molecule has 6 nitrogen and oxygen atoms in total. The van der Waals surface area contributed by atoms with Gasteiger partial charge in [0.2, 0.25) is 0 Å². The Kier molecular flexibility index (Phi) is 5.30. The summed E-state index contributed by atoms with van der Waals surface area (Å²) in [6.07, 6.45) is 0.223. The molecule has 1 atom stereocenters. The summed E-state index contributed by atoms with van der Waals surface area (Å²) in [7, 11) is 0. The summed E-state index contributed by atoms with van der Waals surface area (Å²) in [4.78, 5) is 23.4. The first-order valence-electron chi connectivity index (χ1n) is 6.98. The number of esters is 1. The van der Waals surface area contributed by atoms with Gasteiger partial charge in [-0.3, -0.25) is 9.59 Å². The van der Waals surface area contributed by atoms with Crippen molar-refractivity contribution < 1.29 is 18.8 Å². The maximum atomic E-state index is 11.8. The van der Waals surface area contributed by atoms with E-state index in [0.717, 1.165) is 5.56 Å². The Morgan fingerprint density at radius 2 is 2.05 bits per heavy atom. The van der Waals surface area contributed by atoms with Crippen molar-refractivity contribution in [2.24, 2.45) is 0 Å². The first kappa shape index (κ1) is 15.8. The highest BCUT2D eigenvalue weighted by atomic mass is 16.5. The predicted octanol–water partition coefficient (Wildman–Crippen LogP) is 2.66. The Balaban J connectivity index is 1.74. The Hall–Kier alpha value is -2.63. The molecule has 0 aliphatic rings. The average Bonchev–Trinajstić information content (AvgIpc) is 2.91. The molecule has 0 unspecified atom stereocenters. The molecular formula is C16H18N2O4. The first-order chi connectivity index (χ1) is 10.5. The molecule has 0 aliphatic carbocycles. The molecule has 0 saturated carbocycles. The number of aryl methyl sites for hydroxylation is 1. The number of anilines is 1. The van der Waals surface area contributed by atoms with E-state index in [2.05, 4.69) is 10.5 Å². The van der Waals surface area contributed by atoms with Crippen LogP contribution in [0.3, 0.4) is 0 Å². The Morgan fingerprint density at radius 3 is 2.68 bits per heavy atom. The van der Waals surface area contributed by atoms with Crippen molar-refractivity contribution in [2.45, 2.75) is 26.2 Å².